The summed E-state index contributed by atoms with van der Waals surface area (Å²) in [6, 6.07) is 5.28. The van der Waals surface area contributed by atoms with Crippen LogP contribution in [0.2, 0.25) is 0 Å². The van der Waals surface area contributed by atoms with Gasteiger partial charge in [0.25, 0.3) is 5.69 Å². The molecule has 0 spiro atoms. The van der Waals surface area contributed by atoms with E-state index in [0.717, 1.165) is 19.4 Å². The maximum Gasteiger partial charge on any atom is 0.294 e. The lowest BCUT2D eigenvalue weighted by Gasteiger charge is -2.34. The van der Waals surface area contributed by atoms with Crippen molar-refractivity contribution in [3.05, 3.63) is 28.3 Å². The topological polar surface area (TPSA) is 72.4 Å². The van der Waals surface area contributed by atoms with E-state index in [1.54, 1.807) is 12.1 Å². The second-order valence-corrected chi connectivity index (χ2v) is 4.54. The van der Waals surface area contributed by atoms with E-state index in [9.17, 15) is 10.1 Å². The molecule has 0 amide bonds. The number of piperidine rings is 1. The summed E-state index contributed by atoms with van der Waals surface area (Å²) < 4.78 is 0. The number of nitro groups is 1. The van der Waals surface area contributed by atoms with Gasteiger partial charge in [-0.15, -0.1) is 0 Å². The Balaban J connectivity index is 2.39. The van der Waals surface area contributed by atoms with Gasteiger partial charge in [-0.05, 0) is 38.3 Å². The average Bonchev–Trinajstić information content (AvgIpc) is 2.30. The number of nitro benzene ring substituents is 1. The normalized spacial score (nSPS) is 20.3. The zero-order valence-electron chi connectivity index (χ0n) is 9.93. The summed E-state index contributed by atoms with van der Waals surface area (Å²) in [6.07, 6.45) is 3.37. The molecule has 1 atom stereocenters. The van der Waals surface area contributed by atoms with Crippen molar-refractivity contribution in [2.24, 2.45) is 0 Å². The fraction of sp³-hybridized carbons (Fsp3) is 0.500. The Hall–Kier alpha value is -1.78. The molecule has 0 radical (unpaired) electrons. The van der Waals surface area contributed by atoms with Crippen LogP contribution in [0.3, 0.4) is 0 Å². The molecule has 2 N–H and O–H groups in total. The van der Waals surface area contributed by atoms with Crippen LogP contribution in [0.1, 0.15) is 26.2 Å². The first-order valence-electron chi connectivity index (χ1n) is 5.90. The number of nitrogen functional groups attached to an aromatic ring is 1. The van der Waals surface area contributed by atoms with Gasteiger partial charge in [0.2, 0.25) is 0 Å². The number of rotatable bonds is 2. The van der Waals surface area contributed by atoms with E-state index in [0.29, 0.717) is 17.4 Å². The van der Waals surface area contributed by atoms with Crippen LogP contribution in [0.5, 0.6) is 0 Å². The average molecular weight is 235 g/mol. The third-order valence-corrected chi connectivity index (χ3v) is 3.31. The van der Waals surface area contributed by atoms with Crippen molar-refractivity contribution < 1.29 is 4.92 Å². The molecule has 0 unspecified atom stereocenters. The van der Waals surface area contributed by atoms with E-state index in [4.69, 9.17) is 5.73 Å². The second kappa shape index (κ2) is 4.61. The number of nitrogens with two attached hydrogens (primary N) is 1. The molecule has 1 saturated heterocycles. The zero-order valence-corrected chi connectivity index (χ0v) is 9.93. The Morgan fingerprint density at radius 3 is 2.88 bits per heavy atom. The van der Waals surface area contributed by atoms with E-state index in [1.165, 1.54) is 12.5 Å². The highest BCUT2D eigenvalue weighted by molar-refractivity contribution is 5.68. The van der Waals surface area contributed by atoms with E-state index in [1.807, 2.05) is 0 Å². The summed E-state index contributed by atoms with van der Waals surface area (Å²) >= 11 is 0. The molecular weight excluding hydrogens is 218 g/mol. The number of benzene rings is 1. The maximum absolute atomic E-state index is 11.0. The summed E-state index contributed by atoms with van der Waals surface area (Å²) in [6.45, 7) is 2.99. The molecule has 1 fully saturated rings. The highest BCUT2D eigenvalue weighted by Crippen LogP contribution is 2.34. The molecule has 1 aliphatic rings. The molecule has 2 rings (SSSR count). The monoisotopic (exact) mass is 235 g/mol. The highest BCUT2D eigenvalue weighted by Gasteiger charge is 2.25. The molecule has 1 aromatic rings. The molecule has 0 bridgehead atoms. The van der Waals surface area contributed by atoms with E-state index in [2.05, 4.69) is 11.8 Å². The van der Waals surface area contributed by atoms with E-state index in [-0.39, 0.29) is 10.6 Å². The van der Waals surface area contributed by atoms with Gasteiger partial charge >= 0.3 is 0 Å². The number of nitrogens with zero attached hydrogens (tertiary/aromatic N) is 2. The summed E-state index contributed by atoms with van der Waals surface area (Å²) in [5.74, 6) is 0. The molecule has 5 nitrogen and oxygen atoms in total. The minimum Gasteiger partial charge on any atom is -0.399 e. The van der Waals surface area contributed by atoms with Crippen LogP contribution in [0.4, 0.5) is 17.1 Å². The predicted octanol–water partition coefficient (Wildman–Crippen LogP) is 2.56. The summed E-state index contributed by atoms with van der Waals surface area (Å²) in [7, 11) is 0. The van der Waals surface area contributed by atoms with Crippen LogP contribution in [0.25, 0.3) is 0 Å². The van der Waals surface area contributed by atoms with Crippen molar-refractivity contribution in [3.63, 3.8) is 0 Å². The van der Waals surface area contributed by atoms with Crippen molar-refractivity contribution in [3.8, 4) is 0 Å². The van der Waals surface area contributed by atoms with Gasteiger partial charge < -0.3 is 10.6 Å². The summed E-state index contributed by atoms with van der Waals surface area (Å²) in [5, 5.41) is 11.0. The molecule has 1 heterocycles. The van der Waals surface area contributed by atoms with Crippen LogP contribution < -0.4 is 10.6 Å². The lowest BCUT2D eigenvalue weighted by atomic mass is 10.0. The van der Waals surface area contributed by atoms with Crippen LogP contribution in [-0.4, -0.2) is 17.5 Å². The number of hydrogen-bond donors (Lipinski definition) is 1. The van der Waals surface area contributed by atoms with Crippen molar-refractivity contribution in [2.45, 2.75) is 32.2 Å². The van der Waals surface area contributed by atoms with Crippen LogP contribution >= 0.6 is 0 Å². The minimum atomic E-state index is -0.354. The standard InChI is InChI=1S/C12H17N3O2/c1-9-4-2-3-7-14(9)11-6-5-10(13)8-12(11)15(16)17/h5-6,8-9H,2-4,7,13H2,1H3/t9-/m1/s1. The third kappa shape index (κ3) is 2.33. The van der Waals surface area contributed by atoms with Gasteiger partial charge in [0.1, 0.15) is 5.69 Å². The molecule has 1 aromatic carbocycles. The molecule has 0 saturated carbocycles. The Kier molecular flexibility index (Phi) is 3.17. The summed E-state index contributed by atoms with van der Waals surface area (Å²) in [5.41, 5.74) is 6.84. The lowest BCUT2D eigenvalue weighted by molar-refractivity contribution is -0.384. The smallest absolute Gasteiger partial charge is 0.294 e. The minimum absolute atomic E-state index is 0.110. The Morgan fingerprint density at radius 1 is 1.47 bits per heavy atom. The van der Waals surface area contributed by atoms with Crippen LogP contribution in [0, 0.1) is 10.1 Å². The van der Waals surface area contributed by atoms with Gasteiger partial charge in [0.15, 0.2) is 0 Å². The van der Waals surface area contributed by atoms with Gasteiger partial charge in [-0.2, -0.15) is 0 Å². The highest BCUT2D eigenvalue weighted by atomic mass is 16.6. The molecule has 0 aromatic heterocycles. The Labute approximate surface area is 100 Å². The fourth-order valence-electron chi connectivity index (χ4n) is 2.39. The van der Waals surface area contributed by atoms with E-state index >= 15 is 0 Å². The van der Waals surface area contributed by atoms with Gasteiger partial charge in [-0.1, -0.05) is 0 Å². The molecular formula is C12H17N3O2. The number of anilines is 2. The first-order valence-corrected chi connectivity index (χ1v) is 5.90. The van der Waals surface area contributed by atoms with Crippen LogP contribution in [0.15, 0.2) is 18.2 Å². The summed E-state index contributed by atoms with van der Waals surface area (Å²) in [4.78, 5) is 12.8. The van der Waals surface area contributed by atoms with Crippen LogP contribution in [-0.2, 0) is 0 Å². The SMILES string of the molecule is C[C@@H]1CCCCN1c1ccc(N)cc1[N+](=O)[O-]. The van der Waals surface area contributed by atoms with Crippen molar-refractivity contribution in [1.82, 2.24) is 0 Å². The predicted molar refractivity (Wildman–Crippen MR) is 68.2 cm³/mol. The first-order chi connectivity index (χ1) is 8.09. The molecule has 92 valence electrons. The molecule has 0 aliphatic carbocycles. The van der Waals surface area contributed by atoms with Gasteiger partial charge in [-0.3, -0.25) is 10.1 Å². The fourth-order valence-corrected chi connectivity index (χ4v) is 2.39. The lowest BCUT2D eigenvalue weighted by Crippen LogP contribution is -2.37. The Morgan fingerprint density at radius 2 is 2.24 bits per heavy atom. The number of hydrogen-bond acceptors (Lipinski definition) is 4. The van der Waals surface area contributed by atoms with Crippen molar-refractivity contribution in [1.29, 1.82) is 0 Å². The molecule has 5 heteroatoms. The largest absolute Gasteiger partial charge is 0.399 e. The second-order valence-electron chi connectivity index (χ2n) is 4.54. The zero-order chi connectivity index (χ0) is 12.4. The van der Waals surface area contributed by atoms with Crippen molar-refractivity contribution >= 4 is 17.1 Å². The third-order valence-electron chi connectivity index (χ3n) is 3.31. The quantitative estimate of drug-likeness (QED) is 0.485. The van der Waals surface area contributed by atoms with Crippen molar-refractivity contribution in [2.75, 3.05) is 17.2 Å². The molecule has 1 aliphatic heterocycles. The van der Waals surface area contributed by atoms with Gasteiger partial charge in [0, 0.05) is 24.3 Å². The first kappa shape index (κ1) is 11.7. The van der Waals surface area contributed by atoms with Gasteiger partial charge in [-0.25, -0.2) is 0 Å². The van der Waals surface area contributed by atoms with Gasteiger partial charge in [0.05, 0.1) is 4.92 Å². The molecule has 17 heavy (non-hydrogen) atoms. The van der Waals surface area contributed by atoms with E-state index < -0.39 is 0 Å². The maximum atomic E-state index is 11.0. The Bertz CT molecular complexity index is 434.